The highest BCUT2D eigenvalue weighted by atomic mass is 79.9. The number of nitrogens with zero attached hydrogens (tertiary/aromatic N) is 2. The van der Waals surface area contributed by atoms with Crippen LogP contribution in [0.3, 0.4) is 0 Å². The molecule has 0 unspecified atom stereocenters. The smallest absolute Gasteiger partial charge is 0.385 e. The van der Waals surface area contributed by atoms with Crippen molar-refractivity contribution in [3.63, 3.8) is 0 Å². The molecule has 0 aliphatic rings. The minimum Gasteiger partial charge on any atom is -0.385 e. The number of carbonyl (C=O) groups excluding carboxylic acids is 1. The van der Waals surface area contributed by atoms with E-state index in [9.17, 15) is 18.0 Å². The van der Waals surface area contributed by atoms with Crippen LogP contribution in [0.5, 0.6) is 6.01 Å². The normalized spacial score (nSPS) is 11.6. The molecule has 0 aromatic carbocycles. The van der Waals surface area contributed by atoms with Gasteiger partial charge in [0.25, 0.3) is 0 Å². The summed E-state index contributed by atoms with van der Waals surface area (Å²) >= 11 is 3.32. The van der Waals surface area contributed by atoms with Crippen LogP contribution < -0.4 is 4.74 Å². The van der Waals surface area contributed by atoms with E-state index in [1.54, 1.807) is 0 Å². The highest BCUT2D eigenvalue weighted by Gasteiger charge is 2.42. The molecule has 0 amide bonds. The summed E-state index contributed by atoms with van der Waals surface area (Å²) in [6, 6.07) is -0.317. The first-order valence-electron chi connectivity index (χ1n) is 5.81. The van der Waals surface area contributed by atoms with Crippen LogP contribution in [0, 0.1) is 0 Å². The van der Waals surface area contributed by atoms with Crippen molar-refractivity contribution in [1.29, 1.82) is 0 Å². The largest absolute Gasteiger partial charge is 0.491 e. The van der Waals surface area contributed by atoms with E-state index < -0.39 is 12.1 Å². The van der Waals surface area contributed by atoms with Crippen molar-refractivity contribution < 1.29 is 22.7 Å². The van der Waals surface area contributed by atoms with Crippen LogP contribution in [0.4, 0.5) is 13.2 Å². The van der Waals surface area contributed by atoms with E-state index in [2.05, 4.69) is 25.7 Å². The van der Waals surface area contributed by atoms with Crippen LogP contribution in [0.25, 0.3) is 0 Å². The zero-order valence-corrected chi connectivity index (χ0v) is 11.7. The van der Waals surface area contributed by atoms with Crippen molar-refractivity contribution in [2.45, 2.75) is 38.4 Å². The molecule has 0 fully saturated rings. The van der Waals surface area contributed by atoms with E-state index in [0.717, 1.165) is 31.0 Å². The number of hydrogen-bond acceptors (Lipinski definition) is 3. The highest BCUT2D eigenvalue weighted by molar-refractivity contribution is 9.09. The highest BCUT2D eigenvalue weighted by Crippen LogP contribution is 2.19. The summed E-state index contributed by atoms with van der Waals surface area (Å²) in [6.45, 7) is 0.475. The average Bonchev–Trinajstić information content (AvgIpc) is 2.75. The number of esters is 1. The molecule has 1 aromatic heterocycles. The summed E-state index contributed by atoms with van der Waals surface area (Å²) in [6.07, 6.45) is 1.63. The van der Waals surface area contributed by atoms with Gasteiger partial charge in [-0.05, 0) is 12.8 Å². The molecule has 0 aliphatic heterocycles. The Balaban J connectivity index is 2.44. The first-order valence-corrected chi connectivity index (χ1v) is 6.93. The standard InChI is InChI=1S/C11H14BrF3N2O2/c12-5-3-1-2-4-7-17-8-6-16-10(17)19-9(18)11(13,14)15/h6,8H,1-5,7H2. The molecule has 0 atom stereocenters. The summed E-state index contributed by atoms with van der Waals surface area (Å²) in [5.74, 6) is -2.25. The number of carbonyl (C=O) groups is 1. The number of hydrogen-bond donors (Lipinski definition) is 0. The fraction of sp³-hybridized carbons (Fsp3) is 0.636. The van der Waals surface area contributed by atoms with Gasteiger partial charge >= 0.3 is 18.2 Å². The molecule has 19 heavy (non-hydrogen) atoms. The molecule has 0 radical (unpaired) electrons. The van der Waals surface area contributed by atoms with Gasteiger partial charge < -0.3 is 9.30 Å². The van der Waals surface area contributed by atoms with Crippen molar-refractivity contribution in [2.75, 3.05) is 5.33 Å². The minimum absolute atomic E-state index is 0.317. The molecular formula is C11H14BrF3N2O2. The lowest BCUT2D eigenvalue weighted by molar-refractivity contribution is -0.190. The monoisotopic (exact) mass is 342 g/mol. The predicted octanol–water partition coefficient (Wildman–Crippen LogP) is 3.31. The van der Waals surface area contributed by atoms with Crippen LogP contribution >= 0.6 is 15.9 Å². The Morgan fingerprint density at radius 1 is 1.32 bits per heavy atom. The molecule has 0 saturated heterocycles. The number of aromatic nitrogens is 2. The number of rotatable bonds is 7. The average molecular weight is 343 g/mol. The predicted molar refractivity (Wildman–Crippen MR) is 66.2 cm³/mol. The number of alkyl halides is 4. The number of unbranched alkanes of at least 4 members (excludes halogenated alkanes) is 3. The van der Waals surface area contributed by atoms with Crippen LogP contribution in [-0.4, -0.2) is 27.0 Å². The summed E-state index contributed by atoms with van der Waals surface area (Å²) in [5.41, 5.74) is 0. The van der Waals surface area contributed by atoms with Gasteiger partial charge in [0.2, 0.25) is 0 Å². The SMILES string of the molecule is O=C(Oc1nccn1CCCCCCBr)C(F)(F)F. The molecule has 108 valence electrons. The van der Waals surface area contributed by atoms with E-state index in [-0.39, 0.29) is 6.01 Å². The second kappa shape index (κ2) is 7.52. The Labute approximate surface area is 117 Å². The summed E-state index contributed by atoms with van der Waals surface area (Å²) in [7, 11) is 0. The first kappa shape index (κ1) is 16.0. The molecule has 1 aromatic rings. The Bertz CT molecular complexity index is 407. The molecule has 0 spiro atoms. The molecule has 1 heterocycles. The zero-order chi connectivity index (χ0) is 14.3. The van der Waals surface area contributed by atoms with Gasteiger partial charge in [0.15, 0.2) is 0 Å². The maximum absolute atomic E-state index is 12.0. The second-order valence-corrected chi connectivity index (χ2v) is 4.69. The van der Waals surface area contributed by atoms with Gasteiger partial charge in [-0.1, -0.05) is 28.8 Å². The van der Waals surface area contributed by atoms with Gasteiger partial charge in [0.05, 0.1) is 0 Å². The van der Waals surface area contributed by atoms with E-state index in [1.165, 1.54) is 17.0 Å². The molecule has 4 nitrogen and oxygen atoms in total. The van der Waals surface area contributed by atoms with Gasteiger partial charge in [-0.15, -0.1) is 0 Å². The van der Waals surface area contributed by atoms with Crippen molar-refractivity contribution in [1.82, 2.24) is 9.55 Å². The molecule has 1 rings (SSSR count). The van der Waals surface area contributed by atoms with Crippen molar-refractivity contribution in [3.8, 4) is 6.01 Å². The third-order valence-corrected chi connectivity index (χ3v) is 2.94. The van der Waals surface area contributed by atoms with Crippen LogP contribution in [0.1, 0.15) is 25.7 Å². The second-order valence-electron chi connectivity index (χ2n) is 3.89. The molecule has 0 aliphatic carbocycles. The summed E-state index contributed by atoms with van der Waals surface area (Å²) in [4.78, 5) is 14.3. The Hall–Kier alpha value is -1.05. The summed E-state index contributed by atoms with van der Waals surface area (Å²) in [5, 5.41) is 0.937. The first-order chi connectivity index (χ1) is 8.95. The maximum atomic E-state index is 12.0. The topological polar surface area (TPSA) is 44.1 Å². The van der Waals surface area contributed by atoms with Crippen LogP contribution in [-0.2, 0) is 11.3 Å². The molecule has 0 saturated carbocycles. The van der Waals surface area contributed by atoms with Gasteiger partial charge in [-0.25, -0.2) is 9.78 Å². The minimum atomic E-state index is -5.01. The Morgan fingerprint density at radius 2 is 2.00 bits per heavy atom. The fourth-order valence-electron chi connectivity index (χ4n) is 1.44. The van der Waals surface area contributed by atoms with E-state index in [1.807, 2.05) is 0 Å². The lowest BCUT2D eigenvalue weighted by atomic mass is 10.2. The summed E-state index contributed by atoms with van der Waals surface area (Å²) < 4.78 is 41.8. The van der Waals surface area contributed by atoms with E-state index in [0.29, 0.717) is 6.54 Å². The lowest BCUT2D eigenvalue weighted by Gasteiger charge is -2.09. The number of aryl methyl sites for hydroxylation is 1. The van der Waals surface area contributed by atoms with E-state index >= 15 is 0 Å². The van der Waals surface area contributed by atoms with E-state index in [4.69, 9.17) is 0 Å². The molecule has 0 bridgehead atoms. The zero-order valence-electron chi connectivity index (χ0n) is 10.1. The lowest BCUT2D eigenvalue weighted by Crippen LogP contribution is -2.29. The molecule has 0 N–H and O–H groups in total. The maximum Gasteiger partial charge on any atom is 0.491 e. The van der Waals surface area contributed by atoms with Gasteiger partial charge in [-0.2, -0.15) is 13.2 Å². The van der Waals surface area contributed by atoms with Crippen molar-refractivity contribution in [2.24, 2.45) is 0 Å². The molecule has 8 heteroatoms. The fourth-order valence-corrected chi connectivity index (χ4v) is 1.84. The number of imidazole rings is 1. The third-order valence-electron chi connectivity index (χ3n) is 2.38. The van der Waals surface area contributed by atoms with Crippen molar-refractivity contribution >= 4 is 21.9 Å². The Kier molecular flexibility index (Phi) is 6.33. The third kappa shape index (κ3) is 5.63. The quantitative estimate of drug-likeness (QED) is 0.433. The van der Waals surface area contributed by atoms with Gasteiger partial charge in [-0.3, -0.25) is 0 Å². The molecular weight excluding hydrogens is 329 g/mol. The van der Waals surface area contributed by atoms with Gasteiger partial charge in [0.1, 0.15) is 0 Å². The van der Waals surface area contributed by atoms with Crippen LogP contribution in [0.15, 0.2) is 12.4 Å². The number of ether oxygens (including phenoxy) is 1. The Morgan fingerprint density at radius 3 is 2.63 bits per heavy atom. The van der Waals surface area contributed by atoms with Crippen molar-refractivity contribution in [3.05, 3.63) is 12.4 Å². The van der Waals surface area contributed by atoms with Crippen LogP contribution in [0.2, 0.25) is 0 Å². The number of halogens is 4. The van der Waals surface area contributed by atoms with Gasteiger partial charge in [0, 0.05) is 24.3 Å².